The van der Waals surface area contributed by atoms with Crippen molar-refractivity contribution in [2.75, 3.05) is 19.7 Å². The van der Waals surface area contributed by atoms with Gasteiger partial charge in [-0.3, -0.25) is 4.79 Å². The maximum Gasteiger partial charge on any atom is 0.256 e. The molecule has 0 bridgehead atoms. The van der Waals surface area contributed by atoms with Crippen LogP contribution in [-0.4, -0.2) is 35.6 Å². The van der Waals surface area contributed by atoms with Gasteiger partial charge in [0.1, 0.15) is 12.4 Å². The molecule has 1 aromatic carbocycles. The number of aliphatic hydroxyl groups is 1. The highest BCUT2D eigenvalue weighted by Crippen LogP contribution is 2.16. The molecule has 20 heavy (non-hydrogen) atoms. The van der Waals surface area contributed by atoms with Gasteiger partial charge in [0.05, 0.1) is 5.56 Å². The molecule has 3 nitrogen and oxygen atoms in total. The molecule has 1 aliphatic rings. The second-order valence-electron chi connectivity index (χ2n) is 4.86. The van der Waals surface area contributed by atoms with Crippen LogP contribution in [0.25, 0.3) is 0 Å². The standard InChI is InChI=1S/C16H18FNO2/c17-15-12-13(6-5-11-19)7-8-14(15)16(20)18-9-3-1-2-4-10-18/h7-8,12,19H,1-4,9-11H2. The third-order valence-electron chi connectivity index (χ3n) is 3.40. The van der Waals surface area contributed by atoms with E-state index in [1.807, 2.05) is 0 Å². The maximum absolute atomic E-state index is 14.0. The van der Waals surface area contributed by atoms with Crippen LogP contribution >= 0.6 is 0 Å². The van der Waals surface area contributed by atoms with Crippen LogP contribution < -0.4 is 0 Å². The van der Waals surface area contributed by atoms with Gasteiger partial charge in [-0.25, -0.2) is 4.39 Å². The highest BCUT2D eigenvalue weighted by atomic mass is 19.1. The van der Waals surface area contributed by atoms with Crippen molar-refractivity contribution < 1.29 is 14.3 Å². The number of likely N-dealkylation sites (tertiary alicyclic amines) is 1. The predicted octanol–water partition coefficient (Wildman–Crippen LogP) is 2.19. The lowest BCUT2D eigenvalue weighted by molar-refractivity contribution is 0.0757. The molecule has 0 aliphatic carbocycles. The Morgan fingerprint density at radius 3 is 2.55 bits per heavy atom. The van der Waals surface area contributed by atoms with Gasteiger partial charge in [0.2, 0.25) is 0 Å². The fraction of sp³-hybridized carbons (Fsp3) is 0.438. The van der Waals surface area contributed by atoms with E-state index in [2.05, 4.69) is 11.8 Å². The molecular weight excluding hydrogens is 257 g/mol. The summed E-state index contributed by atoms with van der Waals surface area (Å²) in [7, 11) is 0. The van der Waals surface area contributed by atoms with Gasteiger partial charge in [0, 0.05) is 18.7 Å². The smallest absolute Gasteiger partial charge is 0.256 e. The number of rotatable bonds is 1. The Kier molecular flexibility index (Phi) is 5.14. The van der Waals surface area contributed by atoms with Crippen molar-refractivity contribution in [2.45, 2.75) is 25.7 Å². The molecule has 1 aliphatic heterocycles. The number of amides is 1. The van der Waals surface area contributed by atoms with E-state index in [-0.39, 0.29) is 18.1 Å². The Balaban J connectivity index is 2.17. The highest BCUT2D eigenvalue weighted by Gasteiger charge is 2.20. The topological polar surface area (TPSA) is 40.5 Å². The molecule has 1 amide bonds. The SMILES string of the molecule is O=C(c1ccc(C#CCO)cc1F)N1CCCCCC1. The normalized spacial score (nSPS) is 15.2. The molecule has 1 fully saturated rings. The van der Waals surface area contributed by atoms with Crippen LogP contribution in [0.5, 0.6) is 0 Å². The van der Waals surface area contributed by atoms with E-state index in [1.165, 1.54) is 12.1 Å². The quantitative estimate of drug-likeness (QED) is 0.798. The van der Waals surface area contributed by atoms with Crippen molar-refractivity contribution in [1.82, 2.24) is 4.90 Å². The van der Waals surface area contributed by atoms with Crippen molar-refractivity contribution in [1.29, 1.82) is 0 Å². The van der Waals surface area contributed by atoms with Crippen LogP contribution in [0, 0.1) is 17.7 Å². The molecule has 106 valence electrons. The first-order valence-corrected chi connectivity index (χ1v) is 6.91. The summed E-state index contributed by atoms with van der Waals surface area (Å²) in [4.78, 5) is 14.0. The average Bonchev–Trinajstić information content (AvgIpc) is 2.73. The second-order valence-corrected chi connectivity index (χ2v) is 4.86. The Morgan fingerprint density at radius 2 is 1.95 bits per heavy atom. The van der Waals surface area contributed by atoms with Gasteiger partial charge >= 0.3 is 0 Å². The van der Waals surface area contributed by atoms with E-state index in [9.17, 15) is 9.18 Å². The molecule has 2 rings (SSSR count). The summed E-state index contributed by atoms with van der Waals surface area (Å²) < 4.78 is 14.0. The van der Waals surface area contributed by atoms with Gasteiger partial charge in [-0.2, -0.15) is 0 Å². The Bertz CT molecular complexity index is 537. The largest absolute Gasteiger partial charge is 0.384 e. The summed E-state index contributed by atoms with van der Waals surface area (Å²) in [5.41, 5.74) is 0.561. The van der Waals surface area contributed by atoms with E-state index in [4.69, 9.17) is 5.11 Å². The molecule has 0 aromatic heterocycles. The maximum atomic E-state index is 14.0. The van der Waals surface area contributed by atoms with Gasteiger partial charge in [0.15, 0.2) is 0 Å². The number of carbonyl (C=O) groups excluding carboxylic acids is 1. The fourth-order valence-corrected chi connectivity index (χ4v) is 2.35. The number of hydrogen-bond donors (Lipinski definition) is 1. The van der Waals surface area contributed by atoms with E-state index >= 15 is 0 Å². The Hall–Kier alpha value is -1.86. The average molecular weight is 275 g/mol. The van der Waals surface area contributed by atoms with E-state index in [1.54, 1.807) is 11.0 Å². The number of carbonyl (C=O) groups is 1. The Labute approximate surface area is 118 Å². The summed E-state index contributed by atoms with van der Waals surface area (Å²) in [5.74, 6) is 4.29. The molecule has 0 radical (unpaired) electrons. The summed E-state index contributed by atoms with van der Waals surface area (Å²) in [6.45, 7) is 1.13. The summed E-state index contributed by atoms with van der Waals surface area (Å²) in [6.07, 6.45) is 4.21. The molecule has 4 heteroatoms. The Morgan fingerprint density at radius 1 is 1.25 bits per heavy atom. The number of aliphatic hydroxyl groups excluding tert-OH is 1. The zero-order valence-electron chi connectivity index (χ0n) is 11.4. The lowest BCUT2D eigenvalue weighted by Gasteiger charge is -2.20. The van der Waals surface area contributed by atoms with Gasteiger partial charge < -0.3 is 10.0 Å². The van der Waals surface area contributed by atoms with E-state index in [0.717, 1.165) is 25.7 Å². The summed E-state index contributed by atoms with van der Waals surface area (Å²) >= 11 is 0. The van der Waals surface area contributed by atoms with Gasteiger partial charge in [-0.05, 0) is 31.0 Å². The molecule has 1 N–H and O–H groups in total. The van der Waals surface area contributed by atoms with Crippen LogP contribution in [-0.2, 0) is 0 Å². The van der Waals surface area contributed by atoms with Gasteiger partial charge in [-0.1, -0.05) is 24.7 Å². The van der Waals surface area contributed by atoms with Crippen LogP contribution in [0.4, 0.5) is 4.39 Å². The molecule has 1 aromatic rings. The highest BCUT2D eigenvalue weighted by molar-refractivity contribution is 5.94. The first-order chi connectivity index (χ1) is 9.72. The van der Waals surface area contributed by atoms with Crippen LogP contribution in [0.1, 0.15) is 41.6 Å². The van der Waals surface area contributed by atoms with Crippen molar-refractivity contribution in [3.8, 4) is 11.8 Å². The first kappa shape index (κ1) is 14.5. The zero-order valence-corrected chi connectivity index (χ0v) is 11.4. The monoisotopic (exact) mass is 275 g/mol. The molecule has 0 atom stereocenters. The molecule has 0 unspecified atom stereocenters. The summed E-state index contributed by atoms with van der Waals surface area (Å²) in [6, 6.07) is 4.33. The molecule has 0 spiro atoms. The zero-order chi connectivity index (χ0) is 14.4. The molecular formula is C16H18FNO2. The number of benzene rings is 1. The van der Waals surface area contributed by atoms with E-state index < -0.39 is 5.82 Å². The predicted molar refractivity (Wildman–Crippen MR) is 74.7 cm³/mol. The second kappa shape index (κ2) is 7.06. The van der Waals surface area contributed by atoms with Crippen LogP contribution in [0.15, 0.2) is 18.2 Å². The van der Waals surface area contributed by atoms with Crippen molar-refractivity contribution in [2.24, 2.45) is 0 Å². The van der Waals surface area contributed by atoms with Crippen LogP contribution in [0.2, 0.25) is 0 Å². The van der Waals surface area contributed by atoms with Gasteiger partial charge in [0.25, 0.3) is 5.91 Å². The lowest BCUT2D eigenvalue weighted by atomic mass is 10.1. The number of nitrogens with zero attached hydrogens (tertiary/aromatic N) is 1. The third-order valence-corrected chi connectivity index (χ3v) is 3.40. The van der Waals surface area contributed by atoms with Gasteiger partial charge in [-0.15, -0.1) is 0 Å². The molecule has 1 heterocycles. The van der Waals surface area contributed by atoms with Crippen molar-refractivity contribution >= 4 is 5.91 Å². The summed E-state index contributed by atoms with van der Waals surface area (Å²) in [5, 5.41) is 8.61. The molecule has 1 saturated heterocycles. The minimum atomic E-state index is -0.552. The minimum absolute atomic E-state index is 0.0986. The minimum Gasteiger partial charge on any atom is -0.384 e. The van der Waals surface area contributed by atoms with Crippen molar-refractivity contribution in [3.05, 3.63) is 35.1 Å². The third kappa shape index (κ3) is 3.58. The lowest BCUT2D eigenvalue weighted by Crippen LogP contribution is -2.32. The van der Waals surface area contributed by atoms with Crippen LogP contribution in [0.3, 0.4) is 0 Å². The number of halogens is 1. The fourth-order valence-electron chi connectivity index (χ4n) is 2.35. The van der Waals surface area contributed by atoms with E-state index in [0.29, 0.717) is 18.7 Å². The first-order valence-electron chi connectivity index (χ1n) is 6.91. The molecule has 0 saturated carbocycles. The number of hydrogen-bond acceptors (Lipinski definition) is 2. The van der Waals surface area contributed by atoms with Crippen molar-refractivity contribution in [3.63, 3.8) is 0 Å².